The summed E-state index contributed by atoms with van der Waals surface area (Å²) in [5, 5.41) is 0. The van der Waals surface area contributed by atoms with Crippen LogP contribution in [0.25, 0.3) is 0 Å². The second-order valence-corrected chi connectivity index (χ2v) is 3.08. The van der Waals surface area contributed by atoms with Gasteiger partial charge in [-0.15, -0.1) is 0 Å². The summed E-state index contributed by atoms with van der Waals surface area (Å²) in [5.74, 6) is 6.41. The molecule has 3 nitrogen and oxygen atoms in total. The van der Waals surface area contributed by atoms with Gasteiger partial charge in [0.25, 0.3) is 0 Å². The minimum absolute atomic E-state index is 0.148. The van der Waals surface area contributed by atoms with Crippen LogP contribution in [0.2, 0.25) is 0 Å². The fourth-order valence-corrected chi connectivity index (χ4v) is 0.977. The molecule has 3 heteroatoms. The molecule has 0 radical (unpaired) electrons. The van der Waals surface area contributed by atoms with Crippen molar-refractivity contribution >= 4 is 0 Å². The Morgan fingerprint density at radius 2 is 2.29 bits per heavy atom. The average molecular weight is 190 g/mol. The SMILES string of the molecule is CC(C)Oc1cncc(C#CCN)c1. The monoisotopic (exact) mass is 190 g/mol. The first-order valence-electron chi connectivity index (χ1n) is 4.53. The van der Waals surface area contributed by atoms with Gasteiger partial charge < -0.3 is 10.5 Å². The van der Waals surface area contributed by atoms with Gasteiger partial charge in [0.15, 0.2) is 0 Å². The van der Waals surface area contributed by atoms with Crippen LogP contribution in [0.3, 0.4) is 0 Å². The fourth-order valence-electron chi connectivity index (χ4n) is 0.977. The zero-order valence-electron chi connectivity index (χ0n) is 8.45. The van der Waals surface area contributed by atoms with E-state index in [0.717, 1.165) is 11.3 Å². The molecule has 0 fully saturated rings. The second-order valence-electron chi connectivity index (χ2n) is 3.08. The van der Waals surface area contributed by atoms with Crippen molar-refractivity contribution in [2.75, 3.05) is 6.54 Å². The molecule has 0 bridgehead atoms. The molecule has 0 aliphatic rings. The molecule has 1 rings (SSSR count). The minimum Gasteiger partial charge on any atom is -0.489 e. The zero-order chi connectivity index (χ0) is 10.4. The molecular weight excluding hydrogens is 176 g/mol. The van der Waals surface area contributed by atoms with E-state index in [1.807, 2.05) is 19.9 Å². The highest BCUT2D eigenvalue weighted by molar-refractivity contribution is 5.36. The highest BCUT2D eigenvalue weighted by Crippen LogP contribution is 2.11. The minimum atomic E-state index is 0.148. The Morgan fingerprint density at radius 3 is 2.93 bits per heavy atom. The lowest BCUT2D eigenvalue weighted by atomic mass is 10.3. The van der Waals surface area contributed by atoms with Crippen LogP contribution in [-0.2, 0) is 0 Å². The maximum atomic E-state index is 5.47. The van der Waals surface area contributed by atoms with Gasteiger partial charge in [0.05, 0.1) is 18.8 Å². The Bertz CT molecular complexity index is 350. The number of nitrogens with zero attached hydrogens (tertiary/aromatic N) is 1. The van der Waals surface area contributed by atoms with Crippen molar-refractivity contribution in [2.24, 2.45) is 5.73 Å². The molecule has 14 heavy (non-hydrogen) atoms. The maximum absolute atomic E-state index is 5.47. The molecule has 1 heterocycles. The van der Waals surface area contributed by atoms with E-state index in [0.29, 0.717) is 6.54 Å². The Hall–Kier alpha value is -1.53. The second kappa shape index (κ2) is 5.25. The molecule has 0 spiro atoms. The standard InChI is InChI=1S/C11H14N2O/c1-9(2)14-11-6-10(4-3-5-12)7-13-8-11/h6-9H,5,12H2,1-2H3. The van der Waals surface area contributed by atoms with E-state index in [9.17, 15) is 0 Å². The van der Waals surface area contributed by atoms with Crippen LogP contribution < -0.4 is 10.5 Å². The molecule has 1 aromatic rings. The molecule has 0 aliphatic carbocycles. The molecule has 2 N–H and O–H groups in total. The smallest absolute Gasteiger partial charge is 0.139 e. The van der Waals surface area contributed by atoms with Crippen LogP contribution in [-0.4, -0.2) is 17.6 Å². The number of pyridine rings is 1. The Morgan fingerprint density at radius 1 is 1.50 bits per heavy atom. The van der Waals surface area contributed by atoms with Gasteiger partial charge in [0.2, 0.25) is 0 Å². The molecule has 74 valence electrons. The lowest BCUT2D eigenvalue weighted by Crippen LogP contribution is -2.05. The van der Waals surface area contributed by atoms with E-state index < -0.39 is 0 Å². The van der Waals surface area contributed by atoms with Crippen molar-refractivity contribution in [3.8, 4) is 17.6 Å². The fraction of sp³-hybridized carbons (Fsp3) is 0.364. The summed E-state index contributed by atoms with van der Waals surface area (Å²) in [6.45, 7) is 4.30. The summed E-state index contributed by atoms with van der Waals surface area (Å²) in [5.41, 5.74) is 6.10. The summed E-state index contributed by atoms with van der Waals surface area (Å²) in [6, 6.07) is 1.86. The summed E-state index contributed by atoms with van der Waals surface area (Å²) >= 11 is 0. The van der Waals surface area contributed by atoms with Crippen molar-refractivity contribution in [3.05, 3.63) is 24.0 Å². The summed E-state index contributed by atoms with van der Waals surface area (Å²) in [6.07, 6.45) is 3.51. The van der Waals surface area contributed by atoms with Gasteiger partial charge in [-0.3, -0.25) is 4.98 Å². The van der Waals surface area contributed by atoms with Gasteiger partial charge in [-0.1, -0.05) is 11.8 Å². The van der Waals surface area contributed by atoms with Gasteiger partial charge in [-0.2, -0.15) is 0 Å². The van der Waals surface area contributed by atoms with E-state index in [-0.39, 0.29) is 6.10 Å². The number of nitrogens with two attached hydrogens (primary N) is 1. The third kappa shape index (κ3) is 3.46. The number of aromatic nitrogens is 1. The Labute approximate surface area is 84.3 Å². The number of ether oxygens (including phenoxy) is 1. The molecule has 0 amide bonds. The van der Waals surface area contributed by atoms with Crippen LogP contribution in [0.15, 0.2) is 18.5 Å². The highest BCUT2D eigenvalue weighted by Gasteiger charge is 1.97. The Balaban J connectivity index is 2.78. The first-order chi connectivity index (χ1) is 6.72. The van der Waals surface area contributed by atoms with Gasteiger partial charge in [0, 0.05) is 11.8 Å². The van der Waals surface area contributed by atoms with Crippen molar-refractivity contribution in [3.63, 3.8) is 0 Å². The molecular formula is C11H14N2O. The van der Waals surface area contributed by atoms with Crippen LogP contribution in [0.1, 0.15) is 19.4 Å². The van der Waals surface area contributed by atoms with Crippen LogP contribution in [0.4, 0.5) is 0 Å². The zero-order valence-corrected chi connectivity index (χ0v) is 8.45. The molecule has 0 atom stereocenters. The van der Waals surface area contributed by atoms with E-state index in [4.69, 9.17) is 10.5 Å². The normalized spacial score (nSPS) is 9.43. The number of rotatable bonds is 2. The molecule has 0 aromatic carbocycles. The maximum Gasteiger partial charge on any atom is 0.139 e. The lowest BCUT2D eigenvalue weighted by molar-refractivity contribution is 0.241. The van der Waals surface area contributed by atoms with Crippen molar-refractivity contribution in [1.82, 2.24) is 4.98 Å². The van der Waals surface area contributed by atoms with Gasteiger partial charge in [-0.05, 0) is 19.9 Å². The molecule has 0 saturated heterocycles. The number of hydrogen-bond donors (Lipinski definition) is 1. The van der Waals surface area contributed by atoms with Crippen LogP contribution in [0, 0.1) is 11.8 Å². The predicted molar refractivity (Wildman–Crippen MR) is 55.9 cm³/mol. The van der Waals surface area contributed by atoms with E-state index in [2.05, 4.69) is 16.8 Å². The van der Waals surface area contributed by atoms with E-state index in [1.165, 1.54) is 0 Å². The van der Waals surface area contributed by atoms with Crippen molar-refractivity contribution in [2.45, 2.75) is 20.0 Å². The third-order valence-corrected chi connectivity index (χ3v) is 1.42. The highest BCUT2D eigenvalue weighted by atomic mass is 16.5. The molecule has 0 saturated carbocycles. The van der Waals surface area contributed by atoms with Gasteiger partial charge in [0.1, 0.15) is 5.75 Å². The lowest BCUT2D eigenvalue weighted by Gasteiger charge is -2.08. The number of hydrogen-bond acceptors (Lipinski definition) is 3. The van der Waals surface area contributed by atoms with E-state index in [1.54, 1.807) is 12.4 Å². The Kier molecular flexibility index (Phi) is 3.96. The first kappa shape index (κ1) is 10.6. The average Bonchev–Trinajstić information content (AvgIpc) is 2.14. The quantitative estimate of drug-likeness (QED) is 0.712. The van der Waals surface area contributed by atoms with Gasteiger partial charge >= 0.3 is 0 Å². The van der Waals surface area contributed by atoms with Crippen LogP contribution >= 0.6 is 0 Å². The molecule has 0 unspecified atom stereocenters. The largest absolute Gasteiger partial charge is 0.489 e. The van der Waals surface area contributed by atoms with E-state index >= 15 is 0 Å². The van der Waals surface area contributed by atoms with Crippen LogP contribution in [0.5, 0.6) is 5.75 Å². The summed E-state index contributed by atoms with van der Waals surface area (Å²) < 4.78 is 5.47. The third-order valence-electron chi connectivity index (χ3n) is 1.42. The van der Waals surface area contributed by atoms with Crippen molar-refractivity contribution < 1.29 is 4.74 Å². The predicted octanol–water partition coefficient (Wildman–Crippen LogP) is 1.18. The van der Waals surface area contributed by atoms with Gasteiger partial charge in [-0.25, -0.2) is 0 Å². The van der Waals surface area contributed by atoms with Crippen molar-refractivity contribution in [1.29, 1.82) is 0 Å². The molecule has 1 aromatic heterocycles. The topological polar surface area (TPSA) is 48.1 Å². The first-order valence-corrected chi connectivity index (χ1v) is 4.53. The summed E-state index contributed by atoms with van der Waals surface area (Å²) in [7, 11) is 0. The summed E-state index contributed by atoms with van der Waals surface area (Å²) in [4.78, 5) is 4.02. The molecule has 0 aliphatic heterocycles.